The highest BCUT2D eigenvalue weighted by molar-refractivity contribution is 7.11. The van der Waals surface area contributed by atoms with Crippen molar-refractivity contribution in [2.75, 3.05) is 13.1 Å². The lowest BCUT2D eigenvalue weighted by molar-refractivity contribution is -0.142. The highest BCUT2D eigenvalue weighted by atomic mass is 35.5. The normalized spacial score (nSPS) is 22.7. The van der Waals surface area contributed by atoms with E-state index >= 15 is 0 Å². The van der Waals surface area contributed by atoms with Crippen LogP contribution in [-0.2, 0) is 9.59 Å². The number of carboxylic acids is 2. The van der Waals surface area contributed by atoms with Gasteiger partial charge < -0.3 is 15.5 Å². The third kappa shape index (κ3) is 4.72. The number of aliphatic imine (C=N–C) groups is 1. The lowest BCUT2D eigenvalue weighted by Crippen LogP contribution is -2.43. The van der Waals surface area contributed by atoms with Crippen LogP contribution in [0.15, 0.2) is 46.0 Å². The number of carboxylic acid groups (broad SMARTS) is 2. The van der Waals surface area contributed by atoms with Crippen molar-refractivity contribution < 1.29 is 33.0 Å². The zero-order chi connectivity index (χ0) is 23.9. The second-order valence-corrected chi connectivity index (χ2v) is 8.83. The number of benzene rings is 1. The Labute approximate surface area is 194 Å². The molecular formula is C20H16ClF3N4O4S. The highest BCUT2D eigenvalue weighted by Crippen LogP contribution is 2.38. The van der Waals surface area contributed by atoms with Crippen molar-refractivity contribution in [2.24, 2.45) is 4.99 Å². The van der Waals surface area contributed by atoms with Gasteiger partial charge in [0, 0.05) is 40.8 Å². The van der Waals surface area contributed by atoms with Crippen molar-refractivity contribution in [3.8, 4) is 0 Å². The number of aromatic nitrogens is 1. The number of nitrogens with one attached hydrogen (secondary N) is 1. The summed E-state index contributed by atoms with van der Waals surface area (Å²) in [5, 5.41) is 24.2. The van der Waals surface area contributed by atoms with E-state index in [1.54, 1.807) is 5.38 Å². The van der Waals surface area contributed by atoms with Gasteiger partial charge in [0.05, 0.1) is 12.1 Å². The first-order valence-electron chi connectivity index (χ1n) is 9.56. The predicted molar refractivity (Wildman–Crippen MR) is 113 cm³/mol. The van der Waals surface area contributed by atoms with Gasteiger partial charge in [-0.15, -0.1) is 11.3 Å². The summed E-state index contributed by atoms with van der Waals surface area (Å²) in [5.74, 6) is -6.57. The molecule has 0 amide bonds. The van der Waals surface area contributed by atoms with Crippen LogP contribution in [-0.4, -0.2) is 62.9 Å². The van der Waals surface area contributed by atoms with E-state index in [-0.39, 0.29) is 27.7 Å². The minimum Gasteiger partial charge on any atom is -0.480 e. The molecule has 2 aromatic rings. The van der Waals surface area contributed by atoms with E-state index in [0.717, 1.165) is 17.0 Å². The summed E-state index contributed by atoms with van der Waals surface area (Å²) in [6.07, 6.45) is 0.611. The first-order valence-corrected chi connectivity index (χ1v) is 10.8. The molecule has 2 aliphatic heterocycles. The van der Waals surface area contributed by atoms with Crippen LogP contribution in [0.4, 0.5) is 13.2 Å². The van der Waals surface area contributed by atoms with Gasteiger partial charge in [0.2, 0.25) is 0 Å². The summed E-state index contributed by atoms with van der Waals surface area (Å²) in [6, 6.07) is 0.693. The fraction of sp³-hybridized carbons (Fsp3) is 0.300. The van der Waals surface area contributed by atoms with Crippen LogP contribution in [0.2, 0.25) is 5.02 Å². The Morgan fingerprint density at radius 3 is 2.70 bits per heavy atom. The molecule has 1 fully saturated rings. The molecule has 1 saturated heterocycles. The molecule has 3 heterocycles. The summed E-state index contributed by atoms with van der Waals surface area (Å²) < 4.78 is 41.6. The predicted octanol–water partition coefficient (Wildman–Crippen LogP) is 3.16. The van der Waals surface area contributed by atoms with E-state index < -0.39 is 55.3 Å². The molecule has 13 heteroatoms. The molecule has 33 heavy (non-hydrogen) atoms. The molecule has 0 unspecified atom stereocenters. The SMILES string of the molecule is O=C(O)C1=C(CN2CC(F)(F)C[C@H]2C(=O)O)NC(c2nccs2)=N[C@H]1c1ccc(F)cc1Cl. The van der Waals surface area contributed by atoms with Crippen molar-refractivity contribution in [2.45, 2.75) is 24.4 Å². The number of halogens is 4. The van der Waals surface area contributed by atoms with E-state index in [9.17, 15) is 33.0 Å². The van der Waals surface area contributed by atoms with Gasteiger partial charge in [-0.3, -0.25) is 14.7 Å². The number of aliphatic carboxylic acids is 2. The zero-order valence-corrected chi connectivity index (χ0v) is 18.2. The van der Waals surface area contributed by atoms with Gasteiger partial charge in [-0.1, -0.05) is 17.7 Å². The number of likely N-dealkylation sites (tertiary alicyclic amines) is 1. The second kappa shape index (κ2) is 8.76. The molecule has 2 aliphatic rings. The topological polar surface area (TPSA) is 115 Å². The monoisotopic (exact) mass is 500 g/mol. The quantitative estimate of drug-likeness (QED) is 0.558. The van der Waals surface area contributed by atoms with Crippen LogP contribution in [0.1, 0.15) is 23.0 Å². The van der Waals surface area contributed by atoms with Crippen molar-refractivity contribution in [1.82, 2.24) is 15.2 Å². The van der Waals surface area contributed by atoms with Crippen molar-refractivity contribution in [3.63, 3.8) is 0 Å². The summed E-state index contributed by atoms with van der Waals surface area (Å²) in [4.78, 5) is 33.4. The number of thiazole rings is 1. The maximum Gasteiger partial charge on any atom is 0.335 e. The van der Waals surface area contributed by atoms with Crippen LogP contribution >= 0.6 is 22.9 Å². The van der Waals surface area contributed by atoms with E-state index in [1.807, 2.05) is 0 Å². The van der Waals surface area contributed by atoms with E-state index in [4.69, 9.17) is 11.6 Å². The first-order chi connectivity index (χ1) is 15.6. The average molecular weight is 501 g/mol. The average Bonchev–Trinajstić information content (AvgIpc) is 3.35. The standard InChI is InChI=1S/C20H16ClF3N4O4S/c21-11-5-9(22)1-2-10(11)15-14(19(31)32)12(26-16(27-15)17-25-3-4-33-17)7-28-8-20(23,24)6-13(28)18(29)30/h1-5,13,15H,6-8H2,(H,26,27)(H,29,30)(H,31,32)/t13-,15-/m0/s1. The largest absolute Gasteiger partial charge is 0.480 e. The molecule has 0 radical (unpaired) electrons. The Bertz CT molecular complexity index is 1170. The molecule has 0 saturated carbocycles. The van der Waals surface area contributed by atoms with Gasteiger partial charge in [0.25, 0.3) is 5.92 Å². The lowest BCUT2D eigenvalue weighted by Gasteiger charge is -2.30. The Morgan fingerprint density at radius 1 is 1.33 bits per heavy atom. The van der Waals surface area contributed by atoms with E-state index in [2.05, 4.69) is 15.3 Å². The van der Waals surface area contributed by atoms with Gasteiger partial charge in [-0.2, -0.15) is 0 Å². The third-order valence-electron chi connectivity index (χ3n) is 5.26. The maximum absolute atomic E-state index is 14.0. The maximum atomic E-state index is 14.0. The van der Waals surface area contributed by atoms with Gasteiger partial charge in [-0.05, 0) is 12.1 Å². The summed E-state index contributed by atoms with van der Waals surface area (Å²) >= 11 is 7.38. The molecule has 0 aliphatic carbocycles. The van der Waals surface area contributed by atoms with Crippen LogP contribution in [0, 0.1) is 5.82 Å². The lowest BCUT2D eigenvalue weighted by atomic mass is 9.95. The Balaban J connectivity index is 1.81. The smallest absolute Gasteiger partial charge is 0.335 e. The minimum atomic E-state index is -3.24. The zero-order valence-electron chi connectivity index (χ0n) is 16.6. The molecule has 1 aromatic heterocycles. The van der Waals surface area contributed by atoms with Gasteiger partial charge in [0.15, 0.2) is 10.8 Å². The Morgan fingerprint density at radius 2 is 2.09 bits per heavy atom. The number of hydrogen-bond donors (Lipinski definition) is 3. The molecule has 0 bridgehead atoms. The Hall–Kier alpha value is -2.96. The molecule has 3 N–H and O–H groups in total. The second-order valence-electron chi connectivity index (χ2n) is 7.52. The molecule has 2 atom stereocenters. The first kappa shape index (κ1) is 23.2. The fourth-order valence-corrected chi connectivity index (χ4v) is 4.72. The van der Waals surface area contributed by atoms with Crippen LogP contribution in [0.25, 0.3) is 0 Å². The minimum absolute atomic E-state index is 0.0305. The van der Waals surface area contributed by atoms with Crippen molar-refractivity contribution in [3.05, 3.63) is 62.5 Å². The van der Waals surface area contributed by atoms with E-state index in [0.29, 0.717) is 5.01 Å². The molecule has 0 spiro atoms. The molecule has 174 valence electrons. The molecular weight excluding hydrogens is 485 g/mol. The summed E-state index contributed by atoms with van der Waals surface area (Å²) in [5.41, 5.74) is -0.162. The highest BCUT2D eigenvalue weighted by Gasteiger charge is 2.49. The Kier molecular flexibility index (Phi) is 6.16. The van der Waals surface area contributed by atoms with Gasteiger partial charge in [-0.25, -0.2) is 22.9 Å². The number of amidine groups is 1. The van der Waals surface area contributed by atoms with Crippen molar-refractivity contribution >= 4 is 40.7 Å². The number of alkyl halides is 2. The number of nitrogens with zero attached hydrogens (tertiary/aromatic N) is 3. The fourth-order valence-electron chi connectivity index (χ4n) is 3.87. The van der Waals surface area contributed by atoms with Crippen molar-refractivity contribution in [1.29, 1.82) is 0 Å². The summed E-state index contributed by atoms with van der Waals surface area (Å²) in [7, 11) is 0. The molecule has 8 nitrogen and oxygen atoms in total. The van der Waals surface area contributed by atoms with E-state index in [1.165, 1.54) is 23.6 Å². The van der Waals surface area contributed by atoms with Gasteiger partial charge >= 0.3 is 11.9 Å². The van der Waals surface area contributed by atoms with Crippen LogP contribution < -0.4 is 5.32 Å². The van der Waals surface area contributed by atoms with Crippen LogP contribution in [0.3, 0.4) is 0 Å². The number of hydrogen-bond acceptors (Lipinski definition) is 7. The molecule has 4 rings (SSSR count). The summed E-state index contributed by atoms with van der Waals surface area (Å²) in [6.45, 7) is -1.28. The number of carbonyl (C=O) groups is 2. The third-order valence-corrected chi connectivity index (χ3v) is 6.37. The molecule has 1 aromatic carbocycles. The van der Waals surface area contributed by atoms with Gasteiger partial charge in [0.1, 0.15) is 17.9 Å². The number of rotatable bonds is 6. The van der Waals surface area contributed by atoms with Crippen LogP contribution in [0.5, 0.6) is 0 Å².